The van der Waals surface area contributed by atoms with Gasteiger partial charge in [-0.2, -0.15) is 0 Å². The second-order valence-electron chi connectivity index (χ2n) is 9.56. The molecule has 23 heavy (non-hydrogen) atoms. The van der Waals surface area contributed by atoms with Crippen LogP contribution in [0, 0.1) is 0 Å². The fourth-order valence-electron chi connectivity index (χ4n) is 3.16. The largest absolute Gasteiger partial charge is 0.334 e. The van der Waals surface area contributed by atoms with Gasteiger partial charge in [-0.3, -0.25) is 9.13 Å². The molecule has 1 radical (unpaired) electrons. The molecule has 1 aromatic carbocycles. The van der Waals surface area contributed by atoms with Crippen molar-refractivity contribution in [2.45, 2.75) is 78.4 Å². The molecule has 0 saturated carbocycles. The van der Waals surface area contributed by atoms with E-state index in [2.05, 4.69) is 105 Å². The molecule has 1 heterocycles. The highest BCUT2D eigenvalue weighted by Gasteiger charge is 2.58. The zero-order valence-corrected chi connectivity index (χ0v) is 18.4. The quantitative estimate of drug-likeness (QED) is 0.821. The van der Waals surface area contributed by atoms with Crippen molar-refractivity contribution in [2.75, 3.05) is 0 Å². The maximum atomic E-state index is 4.06. The third-order valence-corrected chi connectivity index (χ3v) is 10.6. The number of hydrogen-bond acceptors (Lipinski definition) is 3. The third kappa shape index (κ3) is 4.14. The Morgan fingerprint density at radius 3 is 1.65 bits per heavy atom. The molecule has 0 aromatic heterocycles. The van der Waals surface area contributed by atoms with E-state index in [1.165, 1.54) is 5.56 Å². The molecule has 0 amide bonds. The first-order chi connectivity index (χ1) is 10.3. The van der Waals surface area contributed by atoms with Gasteiger partial charge >= 0.3 is 9.28 Å². The van der Waals surface area contributed by atoms with Crippen molar-refractivity contribution >= 4 is 17.5 Å². The minimum Gasteiger partial charge on any atom is -0.334 e. The van der Waals surface area contributed by atoms with E-state index >= 15 is 0 Å². The Morgan fingerprint density at radius 1 is 0.870 bits per heavy atom. The maximum Gasteiger partial charge on any atom is 0.321 e. The summed E-state index contributed by atoms with van der Waals surface area (Å²) in [5.41, 5.74) is 1.72. The fraction of sp³-hybridized carbons (Fsp3) is 0.667. The van der Waals surface area contributed by atoms with E-state index in [-0.39, 0.29) is 11.1 Å². The third-order valence-electron chi connectivity index (χ3n) is 3.98. The molecule has 0 bridgehead atoms. The lowest BCUT2D eigenvalue weighted by molar-refractivity contribution is -0.0362. The molecule has 1 aliphatic heterocycles. The molecule has 5 heteroatoms. The number of nitrogens with zero attached hydrogens (tertiary/aromatic N) is 2. The summed E-state index contributed by atoms with van der Waals surface area (Å²) in [6.07, 6.45) is 0.369. The van der Waals surface area contributed by atoms with Gasteiger partial charge in [0.25, 0.3) is 0 Å². The molecule has 3 nitrogen and oxygen atoms in total. The summed E-state index contributed by atoms with van der Waals surface area (Å²) in [5, 5.41) is 0. The Labute approximate surface area is 146 Å². The highest BCUT2D eigenvalue weighted by Crippen LogP contribution is 2.45. The molecule has 0 unspecified atom stereocenters. The molecular weight excluding hydrogens is 314 g/mol. The monoisotopic (exact) mass is 348 g/mol. The smallest absolute Gasteiger partial charge is 0.321 e. The van der Waals surface area contributed by atoms with Crippen LogP contribution in [-0.2, 0) is 0 Å². The zero-order chi connectivity index (χ0) is 17.6. The highest BCUT2D eigenvalue weighted by molar-refractivity contribution is 6.82. The van der Waals surface area contributed by atoms with Crippen LogP contribution in [0.3, 0.4) is 0 Å². The topological polar surface area (TPSA) is 18.5 Å². The van der Waals surface area contributed by atoms with Gasteiger partial charge in [-0.05, 0) is 47.1 Å². The summed E-state index contributed by atoms with van der Waals surface area (Å²) in [4.78, 5) is 0. The summed E-state index contributed by atoms with van der Waals surface area (Å²) in [7, 11) is -2.26. The fourth-order valence-corrected chi connectivity index (χ4v) is 9.13. The van der Waals surface area contributed by atoms with Gasteiger partial charge in [-0.1, -0.05) is 50.0 Å². The molecule has 1 saturated heterocycles. The molecule has 0 atom stereocenters. The van der Waals surface area contributed by atoms with Crippen molar-refractivity contribution in [2.24, 2.45) is 0 Å². The van der Waals surface area contributed by atoms with Gasteiger partial charge in [-0.15, -0.1) is 0 Å². The molecule has 1 N–H and O–H groups in total. The van der Waals surface area contributed by atoms with Crippen molar-refractivity contribution in [1.29, 1.82) is 0 Å². The predicted octanol–water partition coefficient (Wildman–Crippen LogP) is 4.31. The van der Waals surface area contributed by atoms with Crippen molar-refractivity contribution < 1.29 is 0 Å². The Morgan fingerprint density at radius 2 is 1.30 bits per heavy atom. The summed E-state index contributed by atoms with van der Waals surface area (Å²) in [6.45, 7) is 21.3. The Hall–Kier alpha value is -0.466. The number of rotatable bonds is 3. The van der Waals surface area contributed by atoms with Crippen LogP contribution < -0.4 is 4.65 Å². The SMILES string of the molecule is CC(C)(C)N1C(c2ccccc2)N(C(C)(C)C)[Si]1N[Si](C)(C)C. The van der Waals surface area contributed by atoms with Crippen LogP contribution in [0.4, 0.5) is 0 Å². The van der Waals surface area contributed by atoms with Crippen molar-refractivity contribution in [3.63, 3.8) is 0 Å². The first kappa shape index (κ1) is 18.9. The lowest BCUT2D eigenvalue weighted by Gasteiger charge is -2.66. The number of hydrogen-bond donors (Lipinski definition) is 1. The summed E-state index contributed by atoms with van der Waals surface area (Å²) < 4.78 is 9.53. The molecule has 0 aliphatic carbocycles. The van der Waals surface area contributed by atoms with E-state index in [1.807, 2.05) is 0 Å². The first-order valence-corrected chi connectivity index (χ1v) is 13.5. The van der Waals surface area contributed by atoms with Crippen molar-refractivity contribution in [1.82, 2.24) is 13.8 Å². The number of nitrogens with one attached hydrogen (secondary N) is 1. The summed E-state index contributed by atoms with van der Waals surface area (Å²) in [5.74, 6) is 0. The van der Waals surface area contributed by atoms with Gasteiger partial charge in [0, 0.05) is 11.1 Å². The molecular formula is C18H34N3Si2. The van der Waals surface area contributed by atoms with Crippen LogP contribution in [0.2, 0.25) is 19.6 Å². The van der Waals surface area contributed by atoms with Crippen LogP contribution >= 0.6 is 0 Å². The van der Waals surface area contributed by atoms with Crippen LogP contribution in [0.15, 0.2) is 30.3 Å². The second kappa shape index (κ2) is 6.11. The molecule has 0 spiro atoms. The molecule has 2 rings (SSSR count). The lowest BCUT2D eigenvalue weighted by atomic mass is 10.0. The number of benzene rings is 1. The normalized spacial score (nSPS) is 19.9. The maximum absolute atomic E-state index is 4.06. The second-order valence-corrected chi connectivity index (χ2v) is 16.7. The van der Waals surface area contributed by atoms with Crippen LogP contribution in [-0.4, -0.2) is 37.7 Å². The predicted molar refractivity (Wildman–Crippen MR) is 105 cm³/mol. The van der Waals surface area contributed by atoms with Crippen LogP contribution in [0.25, 0.3) is 0 Å². The van der Waals surface area contributed by atoms with Gasteiger partial charge in [0.2, 0.25) is 0 Å². The average molecular weight is 349 g/mol. The van der Waals surface area contributed by atoms with Crippen molar-refractivity contribution in [3.05, 3.63) is 35.9 Å². The van der Waals surface area contributed by atoms with E-state index in [1.54, 1.807) is 0 Å². The van der Waals surface area contributed by atoms with E-state index in [4.69, 9.17) is 0 Å². The molecule has 1 aliphatic rings. The summed E-state index contributed by atoms with van der Waals surface area (Å²) in [6, 6.07) is 11.0. The van der Waals surface area contributed by atoms with Gasteiger partial charge in [0.05, 0.1) is 6.17 Å². The van der Waals surface area contributed by atoms with Gasteiger partial charge < -0.3 is 4.65 Å². The highest BCUT2D eigenvalue weighted by atomic mass is 28.4. The molecule has 129 valence electrons. The standard InChI is InChI=1S/C18H34N3Si2/c1-17(2,3)20-16(15-13-11-10-12-14-15)21(18(4,5)6)22(20)19-23(7,8)9/h10-14,16,19H,1-9H3. The zero-order valence-electron chi connectivity index (χ0n) is 16.4. The summed E-state index contributed by atoms with van der Waals surface area (Å²) >= 11 is 0. The van der Waals surface area contributed by atoms with Gasteiger partial charge in [-0.25, -0.2) is 0 Å². The first-order valence-electron chi connectivity index (χ1n) is 8.61. The minimum atomic E-state index is -1.35. The molecule has 1 fully saturated rings. The van der Waals surface area contributed by atoms with Gasteiger partial charge in [0.1, 0.15) is 8.24 Å². The lowest BCUT2D eigenvalue weighted by Crippen LogP contribution is -2.84. The average Bonchev–Trinajstić information content (AvgIpc) is 2.30. The van der Waals surface area contributed by atoms with E-state index in [9.17, 15) is 0 Å². The van der Waals surface area contributed by atoms with Crippen molar-refractivity contribution in [3.8, 4) is 0 Å². The van der Waals surface area contributed by atoms with E-state index in [0.717, 1.165) is 0 Å². The van der Waals surface area contributed by atoms with E-state index in [0.29, 0.717) is 6.17 Å². The van der Waals surface area contributed by atoms with Crippen LogP contribution in [0.1, 0.15) is 53.3 Å². The molecule has 1 aromatic rings. The Kier molecular flexibility index (Phi) is 5.02. The van der Waals surface area contributed by atoms with E-state index < -0.39 is 17.5 Å². The van der Waals surface area contributed by atoms with Gasteiger partial charge in [0.15, 0.2) is 0 Å². The minimum absolute atomic E-state index is 0.156. The Balaban J connectivity index is 2.45. The van der Waals surface area contributed by atoms with Crippen LogP contribution in [0.5, 0.6) is 0 Å². The Bertz CT molecular complexity index is 504.